The van der Waals surface area contributed by atoms with Crippen LogP contribution in [0.3, 0.4) is 0 Å². The number of rotatable bonds is 8. The van der Waals surface area contributed by atoms with E-state index >= 15 is 0 Å². The predicted molar refractivity (Wildman–Crippen MR) is 141 cm³/mol. The summed E-state index contributed by atoms with van der Waals surface area (Å²) in [5.74, 6) is 0.536. The van der Waals surface area contributed by atoms with Crippen molar-refractivity contribution in [1.29, 1.82) is 0 Å². The second kappa shape index (κ2) is 11.2. The molecule has 0 unspecified atom stereocenters. The maximum Gasteiger partial charge on any atom is 0.336 e. The largest absolute Gasteiger partial charge is 0.478 e. The van der Waals surface area contributed by atoms with E-state index in [9.17, 15) is 9.90 Å². The van der Waals surface area contributed by atoms with Crippen molar-refractivity contribution in [1.82, 2.24) is 5.32 Å². The van der Waals surface area contributed by atoms with Crippen LogP contribution in [0.5, 0.6) is 11.5 Å². The molecule has 178 valence electrons. The van der Waals surface area contributed by atoms with Gasteiger partial charge < -0.3 is 20.1 Å². The molecule has 0 saturated heterocycles. The topological polar surface area (TPSA) is 61.8 Å². The fourth-order valence-corrected chi connectivity index (χ4v) is 4.32. The number of hydrogen-bond donors (Lipinski definition) is 2. The summed E-state index contributed by atoms with van der Waals surface area (Å²) >= 11 is 0. The van der Waals surface area contributed by atoms with Gasteiger partial charge in [0.2, 0.25) is 0 Å². The van der Waals surface area contributed by atoms with E-state index in [1.807, 2.05) is 30.3 Å². The smallest absolute Gasteiger partial charge is 0.336 e. The van der Waals surface area contributed by atoms with Crippen molar-refractivity contribution in [3.63, 3.8) is 0 Å². The van der Waals surface area contributed by atoms with E-state index in [-0.39, 0.29) is 18.0 Å². The van der Waals surface area contributed by atoms with Crippen LogP contribution in [0.15, 0.2) is 60.7 Å². The lowest BCUT2D eigenvalue weighted by atomic mass is 9.89. The minimum atomic E-state index is -0.942. The number of fused-ring (bicyclic) bond motifs is 2. The van der Waals surface area contributed by atoms with Gasteiger partial charge in [0.05, 0.1) is 5.56 Å². The van der Waals surface area contributed by atoms with Crippen molar-refractivity contribution in [3.8, 4) is 11.5 Å². The molecule has 5 nitrogen and oxygen atoms in total. The van der Waals surface area contributed by atoms with Gasteiger partial charge in [-0.25, -0.2) is 4.79 Å². The first-order chi connectivity index (χ1) is 16.1. The number of benzene rings is 3. The zero-order chi connectivity index (χ0) is 23.4. The average molecular weight is 479 g/mol. The molecule has 0 radical (unpaired) electrons. The summed E-state index contributed by atoms with van der Waals surface area (Å²) in [6.45, 7) is 9.81. The van der Waals surface area contributed by atoms with Crippen LogP contribution >= 0.6 is 12.4 Å². The molecule has 0 spiro atoms. The van der Waals surface area contributed by atoms with Gasteiger partial charge in [-0.15, -0.1) is 12.4 Å². The lowest BCUT2D eigenvalue weighted by Gasteiger charge is -2.26. The molecule has 2 N–H and O–H groups in total. The molecule has 3 aromatic carbocycles. The summed E-state index contributed by atoms with van der Waals surface area (Å²) in [6, 6.07) is 19.5. The molecule has 0 atom stereocenters. The van der Waals surface area contributed by atoms with Crippen LogP contribution in [0.4, 0.5) is 5.69 Å². The molecule has 1 heterocycles. The van der Waals surface area contributed by atoms with Gasteiger partial charge in [-0.3, -0.25) is 0 Å². The summed E-state index contributed by atoms with van der Waals surface area (Å²) < 4.78 is 6.42. The van der Waals surface area contributed by atoms with Gasteiger partial charge in [-0.1, -0.05) is 37.3 Å². The van der Waals surface area contributed by atoms with E-state index in [4.69, 9.17) is 4.74 Å². The molecule has 1 aliphatic heterocycles. The molecule has 4 rings (SSSR count). The van der Waals surface area contributed by atoms with Crippen molar-refractivity contribution in [2.45, 2.75) is 20.8 Å². The summed E-state index contributed by atoms with van der Waals surface area (Å²) in [6.07, 6.45) is 2.12. The third-order valence-corrected chi connectivity index (χ3v) is 6.02. The number of anilines is 1. The highest BCUT2D eigenvalue weighted by Crippen LogP contribution is 2.39. The van der Waals surface area contributed by atoms with E-state index in [2.05, 4.69) is 55.3 Å². The Hall–Kier alpha value is -3.28. The first kappa shape index (κ1) is 25.3. The van der Waals surface area contributed by atoms with E-state index < -0.39 is 5.97 Å². The summed E-state index contributed by atoms with van der Waals surface area (Å²) in [5, 5.41) is 15.1. The van der Waals surface area contributed by atoms with Crippen LogP contribution in [0.25, 0.3) is 11.6 Å². The first-order valence-electron chi connectivity index (χ1n) is 11.5. The summed E-state index contributed by atoms with van der Waals surface area (Å²) in [4.78, 5) is 14.3. The number of nitrogens with one attached hydrogen (secondary N) is 1. The quantitative estimate of drug-likeness (QED) is 0.368. The molecule has 0 bridgehead atoms. The zero-order valence-electron chi connectivity index (χ0n) is 19.8. The standard InChI is InChI=1S/C28H30N2O3.ClH/c1-4-29-16-15-19-11-13-23-25(17-19)33-26-18-20(30(5-2)6-3)12-14-24(26)27(23)21-9-7-8-10-22(21)28(31)32;/h7-15,17-18,29H,4-6,16H2,1-3H3,(H,31,32);1H. The molecular formula is C28H31ClN2O3. The highest BCUT2D eigenvalue weighted by atomic mass is 35.5. The predicted octanol–water partition coefficient (Wildman–Crippen LogP) is 4.40. The Morgan fingerprint density at radius 3 is 2.44 bits per heavy atom. The number of carboxylic acids is 1. The van der Waals surface area contributed by atoms with Crippen molar-refractivity contribution < 1.29 is 14.6 Å². The number of aromatic carboxylic acids is 1. The zero-order valence-corrected chi connectivity index (χ0v) is 20.6. The molecule has 1 aliphatic rings. The van der Waals surface area contributed by atoms with Gasteiger partial charge in [0, 0.05) is 47.7 Å². The van der Waals surface area contributed by atoms with E-state index in [1.54, 1.807) is 12.1 Å². The maximum absolute atomic E-state index is 12.0. The Morgan fingerprint density at radius 1 is 0.971 bits per heavy atom. The third-order valence-electron chi connectivity index (χ3n) is 6.02. The summed E-state index contributed by atoms with van der Waals surface area (Å²) in [5.41, 5.74) is 3.84. The molecule has 0 amide bonds. The monoisotopic (exact) mass is 478 g/mol. The van der Waals surface area contributed by atoms with Crippen LogP contribution in [0, 0.1) is 0 Å². The van der Waals surface area contributed by atoms with Gasteiger partial charge in [0.1, 0.15) is 11.5 Å². The van der Waals surface area contributed by atoms with Crippen LogP contribution in [0.1, 0.15) is 42.3 Å². The second-order valence-corrected chi connectivity index (χ2v) is 7.95. The second-order valence-electron chi connectivity index (χ2n) is 7.95. The molecule has 6 heteroatoms. The fraction of sp³-hybridized carbons (Fsp3) is 0.250. The molecular weight excluding hydrogens is 448 g/mol. The number of ether oxygens (including phenoxy) is 1. The number of nitrogens with zero attached hydrogens (tertiary/aromatic N) is 1. The molecule has 3 aromatic rings. The van der Waals surface area contributed by atoms with E-state index in [0.717, 1.165) is 64.9 Å². The van der Waals surface area contributed by atoms with Crippen molar-refractivity contribution >= 4 is 35.7 Å². The van der Waals surface area contributed by atoms with Gasteiger partial charge >= 0.3 is 5.97 Å². The number of halogens is 1. The molecule has 0 aromatic heterocycles. The Balaban J connectivity index is 0.00000324. The van der Waals surface area contributed by atoms with Gasteiger partial charge in [-0.05, 0) is 61.5 Å². The van der Waals surface area contributed by atoms with Crippen LogP contribution in [-0.4, -0.2) is 37.3 Å². The number of carboxylic acid groups (broad SMARTS) is 1. The number of carbonyl (C=O) groups is 1. The Morgan fingerprint density at radius 2 is 1.74 bits per heavy atom. The molecule has 34 heavy (non-hydrogen) atoms. The minimum absolute atomic E-state index is 0. The normalized spacial score (nSPS) is 12.3. The van der Waals surface area contributed by atoms with Gasteiger partial charge in [0.15, 0.2) is 0 Å². The highest BCUT2D eigenvalue weighted by Gasteiger charge is 2.24. The Bertz CT molecular complexity index is 1300. The third kappa shape index (κ3) is 4.96. The Labute approximate surface area is 206 Å². The summed E-state index contributed by atoms with van der Waals surface area (Å²) in [7, 11) is 0. The first-order valence-corrected chi connectivity index (χ1v) is 11.5. The lowest BCUT2D eigenvalue weighted by Crippen LogP contribution is -2.24. The van der Waals surface area contributed by atoms with Crippen LogP contribution in [0.2, 0.25) is 0 Å². The SMILES string of the molecule is CCNCC=c1ccc2c(c1)Oc1cc(N(CC)CC)ccc1C=2c1ccccc1C(=O)O.Cl. The maximum atomic E-state index is 12.0. The fourth-order valence-electron chi connectivity index (χ4n) is 4.32. The lowest BCUT2D eigenvalue weighted by molar-refractivity contribution is 0.0696. The molecule has 0 aliphatic carbocycles. The van der Waals surface area contributed by atoms with Crippen molar-refractivity contribution in [2.75, 3.05) is 31.1 Å². The van der Waals surface area contributed by atoms with Crippen molar-refractivity contribution in [3.05, 3.63) is 87.8 Å². The van der Waals surface area contributed by atoms with E-state index in [0.29, 0.717) is 5.56 Å². The highest BCUT2D eigenvalue weighted by molar-refractivity contribution is 5.98. The van der Waals surface area contributed by atoms with E-state index in [1.165, 1.54) is 0 Å². The van der Waals surface area contributed by atoms with Crippen molar-refractivity contribution in [2.24, 2.45) is 0 Å². The number of hydrogen-bond acceptors (Lipinski definition) is 4. The average Bonchev–Trinajstić information content (AvgIpc) is 2.83. The van der Waals surface area contributed by atoms with Gasteiger partial charge in [-0.2, -0.15) is 0 Å². The molecule has 0 fully saturated rings. The molecule has 0 saturated carbocycles. The van der Waals surface area contributed by atoms with Crippen LogP contribution < -0.4 is 25.4 Å². The Kier molecular flexibility index (Phi) is 8.37. The van der Waals surface area contributed by atoms with Gasteiger partial charge in [0.25, 0.3) is 0 Å². The minimum Gasteiger partial charge on any atom is -0.478 e. The van der Waals surface area contributed by atoms with Crippen LogP contribution in [-0.2, 0) is 0 Å².